The van der Waals surface area contributed by atoms with Crippen LogP contribution in [0.25, 0.3) is 10.4 Å². The second-order valence-electron chi connectivity index (χ2n) is 8.78. The van der Waals surface area contributed by atoms with Gasteiger partial charge in [0.25, 0.3) is 5.56 Å². The SMILES string of the molecule is CC(C)(C)n1sc(-c2ccccc2)c(NC2CCN(Cc3ccccc3)C2)c1=O. The average molecular weight is 408 g/mol. The summed E-state index contributed by atoms with van der Waals surface area (Å²) in [5.74, 6) is 0. The number of hydrogen-bond donors (Lipinski definition) is 1. The van der Waals surface area contributed by atoms with Gasteiger partial charge in [-0.25, -0.2) is 0 Å². The molecule has 0 radical (unpaired) electrons. The van der Waals surface area contributed by atoms with Gasteiger partial charge in [-0.3, -0.25) is 13.7 Å². The zero-order valence-corrected chi connectivity index (χ0v) is 18.2. The third-order valence-electron chi connectivity index (χ3n) is 5.32. The maximum atomic E-state index is 13.3. The van der Waals surface area contributed by atoms with E-state index < -0.39 is 0 Å². The van der Waals surface area contributed by atoms with E-state index in [0.29, 0.717) is 0 Å². The molecule has 4 nitrogen and oxygen atoms in total. The van der Waals surface area contributed by atoms with E-state index in [-0.39, 0.29) is 17.1 Å². The van der Waals surface area contributed by atoms with Crippen molar-refractivity contribution in [1.82, 2.24) is 8.86 Å². The summed E-state index contributed by atoms with van der Waals surface area (Å²) < 4.78 is 1.90. The van der Waals surface area contributed by atoms with E-state index in [1.807, 2.05) is 22.2 Å². The second-order valence-corrected chi connectivity index (χ2v) is 9.74. The molecule has 0 amide bonds. The maximum absolute atomic E-state index is 13.3. The molecule has 1 unspecified atom stereocenters. The molecule has 1 aliphatic rings. The van der Waals surface area contributed by atoms with Crippen LogP contribution >= 0.6 is 11.5 Å². The van der Waals surface area contributed by atoms with Crippen LogP contribution in [0.3, 0.4) is 0 Å². The third kappa shape index (κ3) is 4.46. The first-order chi connectivity index (χ1) is 13.9. The quantitative estimate of drug-likeness (QED) is 0.645. The Labute approximate surface area is 177 Å². The number of hydrogen-bond acceptors (Lipinski definition) is 4. The monoisotopic (exact) mass is 407 g/mol. The van der Waals surface area contributed by atoms with E-state index in [1.54, 1.807) is 11.5 Å². The lowest BCUT2D eigenvalue weighted by molar-refractivity contribution is 0.328. The van der Waals surface area contributed by atoms with Gasteiger partial charge in [-0.05, 0) is 38.3 Å². The largest absolute Gasteiger partial charge is 0.375 e. The van der Waals surface area contributed by atoms with Crippen LogP contribution in [0.1, 0.15) is 32.8 Å². The summed E-state index contributed by atoms with van der Waals surface area (Å²) in [4.78, 5) is 16.8. The minimum atomic E-state index is -0.236. The summed E-state index contributed by atoms with van der Waals surface area (Å²) in [5.41, 5.74) is 3.04. The van der Waals surface area contributed by atoms with Gasteiger partial charge < -0.3 is 5.32 Å². The molecule has 5 heteroatoms. The summed E-state index contributed by atoms with van der Waals surface area (Å²) in [6.45, 7) is 9.21. The van der Waals surface area contributed by atoms with Crippen molar-refractivity contribution in [2.24, 2.45) is 0 Å². The van der Waals surface area contributed by atoms with E-state index in [4.69, 9.17) is 0 Å². The Balaban J connectivity index is 1.57. The summed E-state index contributed by atoms with van der Waals surface area (Å²) in [6.07, 6.45) is 1.05. The maximum Gasteiger partial charge on any atom is 0.285 e. The lowest BCUT2D eigenvalue weighted by atomic mass is 10.1. The van der Waals surface area contributed by atoms with E-state index >= 15 is 0 Å². The van der Waals surface area contributed by atoms with Crippen LogP contribution in [0.4, 0.5) is 5.69 Å². The molecule has 2 aromatic carbocycles. The van der Waals surface area contributed by atoms with Crippen LogP contribution in [0.5, 0.6) is 0 Å². The molecule has 1 aromatic heterocycles. The molecule has 1 atom stereocenters. The first-order valence-electron chi connectivity index (χ1n) is 10.3. The Bertz CT molecular complexity index is 1000. The van der Waals surface area contributed by atoms with Crippen LogP contribution in [0.15, 0.2) is 65.5 Å². The summed E-state index contributed by atoms with van der Waals surface area (Å²) in [7, 11) is 0. The van der Waals surface area contributed by atoms with E-state index in [0.717, 1.165) is 42.2 Å². The molecule has 2 heterocycles. The lowest BCUT2D eigenvalue weighted by Gasteiger charge is -2.18. The van der Waals surface area contributed by atoms with Gasteiger partial charge in [0.1, 0.15) is 5.69 Å². The Morgan fingerprint density at radius 3 is 2.34 bits per heavy atom. The van der Waals surface area contributed by atoms with Gasteiger partial charge in [0.2, 0.25) is 0 Å². The molecule has 0 bridgehead atoms. The summed E-state index contributed by atoms with van der Waals surface area (Å²) in [5, 5.41) is 3.62. The first kappa shape index (κ1) is 19.9. The Morgan fingerprint density at radius 1 is 1.03 bits per heavy atom. The molecule has 0 saturated carbocycles. The van der Waals surface area contributed by atoms with E-state index in [2.05, 4.69) is 73.5 Å². The summed E-state index contributed by atoms with van der Waals surface area (Å²) >= 11 is 1.56. The molecular formula is C24H29N3OS. The molecule has 4 rings (SSSR count). The predicted octanol–water partition coefficient (Wildman–Crippen LogP) is 5.02. The van der Waals surface area contributed by atoms with Gasteiger partial charge in [-0.1, -0.05) is 72.2 Å². The molecular weight excluding hydrogens is 378 g/mol. The van der Waals surface area contributed by atoms with Gasteiger partial charge in [-0.2, -0.15) is 0 Å². The van der Waals surface area contributed by atoms with Crippen LogP contribution in [-0.4, -0.2) is 28.0 Å². The average Bonchev–Trinajstić information content (AvgIpc) is 3.28. The Morgan fingerprint density at radius 2 is 1.69 bits per heavy atom. The van der Waals surface area contributed by atoms with Gasteiger partial charge in [0.05, 0.1) is 10.4 Å². The number of nitrogens with one attached hydrogen (secondary N) is 1. The zero-order valence-electron chi connectivity index (χ0n) is 17.4. The van der Waals surface area contributed by atoms with Crippen molar-refractivity contribution in [1.29, 1.82) is 0 Å². The molecule has 0 aliphatic carbocycles. The molecule has 29 heavy (non-hydrogen) atoms. The van der Waals surface area contributed by atoms with Crippen molar-refractivity contribution < 1.29 is 0 Å². The molecule has 3 aromatic rings. The fourth-order valence-electron chi connectivity index (χ4n) is 3.87. The molecule has 1 aliphatic heterocycles. The fourth-order valence-corrected chi connectivity index (χ4v) is 4.98. The van der Waals surface area contributed by atoms with Crippen LogP contribution < -0.4 is 10.9 Å². The van der Waals surface area contributed by atoms with Crippen LogP contribution in [0.2, 0.25) is 0 Å². The van der Waals surface area contributed by atoms with Gasteiger partial charge in [0, 0.05) is 25.7 Å². The van der Waals surface area contributed by atoms with Crippen molar-refractivity contribution >= 4 is 17.2 Å². The standard InChI is InChI=1S/C24H29N3OS/c1-24(2,3)27-23(28)21(22(29-27)19-12-8-5-9-13-19)25-20-14-15-26(17-20)16-18-10-6-4-7-11-18/h4-13,20,25H,14-17H2,1-3H3. The van der Waals surface area contributed by atoms with Crippen LogP contribution in [-0.2, 0) is 12.1 Å². The molecule has 1 N–H and O–H groups in total. The minimum absolute atomic E-state index is 0.0860. The van der Waals surface area contributed by atoms with Crippen LogP contribution in [0, 0.1) is 0 Å². The zero-order chi connectivity index (χ0) is 20.4. The highest BCUT2D eigenvalue weighted by molar-refractivity contribution is 7.11. The Kier molecular flexibility index (Phi) is 5.61. The summed E-state index contributed by atoms with van der Waals surface area (Å²) in [6, 6.07) is 21.1. The van der Waals surface area contributed by atoms with Gasteiger partial charge in [-0.15, -0.1) is 0 Å². The molecule has 152 valence electrons. The molecule has 1 fully saturated rings. The fraction of sp³-hybridized carbons (Fsp3) is 0.375. The molecule has 1 saturated heterocycles. The number of likely N-dealkylation sites (tertiary alicyclic amines) is 1. The Hall–Kier alpha value is -2.37. The smallest absolute Gasteiger partial charge is 0.285 e. The highest BCUT2D eigenvalue weighted by atomic mass is 32.1. The van der Waals surface area contributed by atoms with Crippen molar-refractivity contribution in [2.75, 3.05) is 18.4 Å². The molecule has 0 spiro atoms. The third-order valence-corrected chi connectivity index (χ3v) is 6.84. The number of nitrogens with zero attached hydrogens (tertiary/aromatic N) is 2. The second kappa shape index (κ2) is 8.17. The van der Waals surface area contributed by atoms with Gasteiger partial charge >= 0.3 is 0 Å². The van der Waals surface area contributed by atoms with E-state index in [9.17, 15) is 4.79 Å². The van der Waals surface area contributed by atoms with Crippen molar-refractivity contribution in [3.8, 4) is 10.4 Å². The van der Waals surface area contributed by atoms with E-state index in [1.165, 1.54) is 5.56 Å². The highest BCUT2D eigenvalue weighted by Crippen LogP contribution is 2.34. The number of benzene rings is 2. The van der Waals surface area contributed by atoms with Crippen molar-refractivity contribution in [3.05, 3.63) is 76.6 Å². The minimum Gasteiger partial charge on any atom is -0.375 e. The first-order valence-corrected chi connectivity index (χ1v) is 11.0. The van der Waals surface area contributed by atoms with Crippen molar-refractivity contribution in [3.63, 3.8) is 0 Å². The van der Waals surface area contributed by atoms with Gasteiger partial charge in [0.15, 0.2) is 0 Å². The number of aromatic nitrogens is 1. The lowest BCUT2D eigenvalue weighted by Crippen LogP contribution is -2.32. The normalized spacial score (nSPS) is 17.6. The highest BCUT2D eigenvalue weighted by Gasteiger charge is 2.28. The number of anilines is 1. The number of rotatable bonds is 5. The van der Waals surface area contributed by atoms with Crippen molar-refractivity contribution in [2.45, 2.75) is 45.3 Å². The predicted molar refractivity (Wildman–Crippen MR) is 123 cm³/mol. The topological polar surface area (TPSA) is 37.3 Å².